The summed E-state index contributed by atoms with van der Waals surface area (Å²) in [6.07, 6.45) is 2.55. The van der Waals surface area contributed by atoms with Crippen LogP contribution in [0.4, 0.5) is 5.82 Å². The van der Waals surface area contributed by atoms with Gasteiger partial charge >= 0.3 is 0 Å². The number of hydrogen-bond donors (Lipinski definition) is 2. The Morgan fingerprint density at radius 1 is 1.44 bits per heavy atom. The number of hydrogen-bond acceptors (Lipinski definition) is 6. The Balaban J connectivity index is 2.15. The number of rotatable bonds is 9. The van der Waals surface area contributed by atoms with E-state index in [9.17, 15) is 10.4 Å². The quantitative estimate of drug-likeness (QED) is 0.713. The molecule has 0 bridgehead atoms. The number of fused-ring (bicyclic) bond motifs is 1. The number of unbranched alkanes of at least 4 members (excludes halogenated alkanes) is 1. The van der Waals surface area contributed by atoms with Crippen LogP contribution < -0.4 is 15.0 Å². The maximum absolute atomic E-state index is 10.0. The first-order valence-electron chi connectivity index (χ1n) is 9.20. The first-order valence-corrected chi connectivity index (χ1v) is 9.20. The fraction of sp³-hybridized carbons (Fsp3) is 0.684. The van der Waals surface area contributed by atoms with Crippen LogP contribution in [-0.4, -0.2) is 48.5 Å². The average molecular weight is 346 g/mol. The Hall–Kier alpha value is -1.84. The van der Waals surface area contributed by atoms with E-state index in [1.807, 2.05) is 20.8 Å². The smallest absolute Gasteiger partial charge is 0.234 e. The Morgan fingerprint density at radius 2 is 2.20 bits per heavy atom. The normalized spacial score (nSPS) is 14.5. The highest BCUT2D eigenvalue weighted by Crippen LogP contribution is 2.34. The van der Waals surface area contributed by atoms with Crippen molar-refractivity contribution in [1.29, 1.82) is 5.26 Å². The van der Waals surface area contributed by atoms with Crippen molar-refractivity contribution < 1.29 is 9.84 Å². The molecule has 138 valence electrons. The summed E-state index contributed by atoms with van der Waals surface area (Å²) in [4.78, 5) is 6.91. The number of ether oxygens (including phenoxy) is 1. The van der Waals surface area contributed by atoms with E-state index < -0.39 is 6.10 Å². The standard InChI is InChI=1S/C19H30N4O2/c1-5-6-8-23-9-7-16-14(4)17(10-20)19(22-18(16)23)25-12-15(24)11-21-13(2)3/h13,15,21,24H,5-9,11-12H2,1-4H3. The largest absolute Gasteiger partial charge is 0.474 e. The first kappa shape index (κ1) is 19.5. The second kappa shape index (κ2) is 9.02. The third kappa shape index (κ3) is 4.83. The molecule has 1 aliphatic rings. The van der Waals surface area contributed by atoms with Crippen molar-refractivity contribution in [3.05, 3.63) is 16.7 Å². The van der Waals surface area contributed by atoms with E-state index in [1.54, 1.807) is 0 Å². The van der Waals surface area contributed by atoms with Crippen molar-refractivity contribution in [3.63, 3.8) is 0 Å². The summed E-state index contributed by atoms with van der Waals surface area (Å²) in [7, 11) is 0. The van der Waals surface area contributed by atoms with Crippen LogP contribution in [0, 0.1) is 18.3 Å². The number of aliphatic hydroxyl groups is 1. The van der Waals surface area contributed by atoms with Gasteiger partial charge in [-0.2, -0.15) is 10.2 Å². The average Bonchev–Trinajstić information content (AvgIpc) is 2.99. The molecule has 0 aliphatic carbocycles. The van der Waals surface area contributed by atoms with Crippen molar-refractivity contribution in [2.45, 2.75) is 59.1 Å². The topological polar surface area (TPSA) is 81.4 Å². The molecule has 0 aromatic carbocycles. The van der Waals surface area contributed by atoms with Gasteiger partial charge in [0.25, 0.3) is 0 Å². The van der Waals surface area contributed by atoms with Gasteiger partial charge in [0.05, 0.1) is 0 Å². The number of nitrogens with zero attached hydrogens (tertiary/aromatic N) is 3. The van der Waals surface area contributed by atoms with Gasteiger partial charge in [-0.05, 0) is 25.3 Å². The van der Waals surface area contributed by atoms with Gasteiger partial charge in [0.15, 0.2) is 0 Å². The molecule has 2 heterocycles. The zero-order chi connectivity index (χ0) is 18.4. The van der Waals surface area contributed by atoms with Crippen molar-refractivity contribution >= 4 is 5.82 Å². The Kier molecular flexibility index (Phi) is 7.03. The van der Waals surface area contributed by atoms with Gasteiger partial charge in [0.1, 0.15) is 30.2 Å². The Bertz CT molecular complexity index is 625. The molecular formula is C19H30N4O2. The second-order valence-corrected chi connectivity index (χ2v) is 6.95. The van der Waals surface area contributed by atoms with Gasteiger partial charge in [-0.3, -0.25) is 0 Å². The number of aromatic nitrogens is 1. The van der Waals surface area contributed by atoms with Crippen LogP contribution in [0.15, 0.2) is 0 Å². The van der Waals surface area contributed by atoms with Crippen LogP contribution >= 0.6 is 0 Å². The van der Waals surface area contributed by atoms with E-state index in [1.165, 1.54) is 0 Å². The molecule has 1 unspecified atom stereocenters. The summed E-state index contributed by atoms with van der Waals surface area (Å²) in [5, 5.41) is 22.7. The number of nitriles is 1. The highest BCUT2D eigenvalue weighted by Gasteiger charge is 2.26. The Morgan fingerprint density at radius 3 is 2.84 bits per heavy atom. The molecule has 0 spiro atoms. The molecule has 6 nitrogen and oxygen atoms in total. The molecule has 25 heavy (non-hydrogen) atoms. The number of aliphatic hydroxyl groups excluding tert-OH is 1. The lowest BCUT2D eigenvalue weighted by molar-refractivity contribution is 0.102. The molecule has 2 N–H and O–H groups in total. The molecule has 6 heteroatoms. The monoisotopic (exact) mass is 346 g/mol. The van der Waals surface area contributed by atoms with Crippen LogP contribution in [0.25, 0.3) is 0 Å². The van der Waals surface area contributed by atoms with E-state index in [0.29, 0.717) is 24.0 Å². The highest BCUT2D eigenvalue weighted by atomic mass is 16.5. The maximum Gasteiger partial charge on any atom is 0.234 e. The third-order valence-electron chi connectivity index (χ3n) is 4.52. The fourth-order valence-corrected chi connectivity index (χ4v) is 3.02. The number of pyridine rings is 1. The first-order chi connectivity index (χ1) is 12.0. The van der Waals surface area contributed by atoms with Crippen LogP contribution in [0.3, 0.4) is 0 Å². The van der Waals surface area contributed by atoms with Crippen LogP contribution in [-0.2, 0) is 6.42 Å². The van der Waals surface area contributed by atoms with Crippen LogP contribution in [0.5, 0.6) is 5.88 Å². The molecule has 0 amide bonds. The second-order valence-electron chi connectivity index (χ2n) is 6.95. The minimum absolute atomic E-state index is 0.120. The number of anilines is 1. The van der Waals surface area contributed by atoms with Crippen molar-refractivity contribution in [2.24, 2.45) is 0 Å². The lowest BCUT2D eigenvalue weighted by Gasteiger charge is -2.20. The van der Waals surface area contributed by atoms with E-state index in [-0.39, 0.29) is 6.61 Å². The summed E-state index contributed by atoms with van der Waals surface area (Å²) in [6, 6.07) is 2.52. The van der Waals surface area contributed by atoms with Gasteiger partial charge in [-0.1, -0.05) is 27.2 Å². The predicted molar refractivity (Wildman–Crippen MR) is 99.2 cm³/mol. The van der Waals surface area contributed by atoms with Gasteiger partial charge < -0.3 is 20.1 Å². The van der Waals surface area contributed by atoms with Gasteiger partial charge in [-0.15, -0.1) is 0 Å². The maximum atomic E-state index is 10.0. The summed E-state index contributed by atoms with van der Waals surface area (Å²) >= 11 is 0. The molecule has 0 saturated carbocycles. The van der Waals surface area contributed by atoms with Gasteiger partial charge in [0.2, 0.25) is 5.88 Å². The SMILES string of the molecule is CCCCN1CCc2c1nc(OCC(O)CNC(C)C)c(C#N)c2C. The van der Waals surface area contributed by atoms with Crippen molar-refractivity contribution in [3.8, 4) is 11.9 Å². The van der Waals surface area contributed by atoms with E-state index >= 15 is 0 Å². The minimum Gasteiger partial charge on any atom is -0.474 e. The van der Waals surface area contributed by atoms with Crippen LogP contribution in [0.1, 0.15) is 50.3 Å². The molecule has 1 aromatic rings. The lowest BCUT2D eigenvalue weighted by Crippen LogP contribution is -2.35. The molecule has 2 rings (SSSR count). The highest BCUT2D eigenvalue weighted by molar-refractivity contribution is 5.62. The van der Waals surface area contributed by atoms with Gasteiger partial charge in [0, 0.05) is 31.2 Å². The molecule has 0 radical (unpaired) electrons. The zero-order valence-electron chi connectivity index (χ0n) is 15.8. The third-order valence-corrected chi connectivity index (χ3v) is 4.52. The zero-order valence-corrected chi connectivity index (χ0v) is 15.8. The van der Waals surface area contributed by atoms with Crippen molar-refractivity contribution in [2.75, 3.05) is 31.1 Å². The summed E-state index contributed by atoms with van der Waals surface area (Å²) < 4.78 is 5.73. The van der Waals surface area contributed by atoms with Crippen LogP contribution in [0.2, 0.25) is 0 Å². The molecular weight excluding hydrogens is 316 g/mol. The fourth-order valence-electron chi connectivity index (χ4n) is 3.02. The Labute approximate surface area is 150 Å². The van der Waals surface area contributed by atoms with E-state index in [2.05, 4.69) is 28.2 Å². The predicted octanol–water partition coefficient (Wildman–Crippen LogP) is 2.16. The lowest BCUT2D eigenvalue weighted by atomic mass is 10.0. The van der Waals surface area contributed by atoms with Gasteiger partial charge in [-0.25, -0.2) is 0 Å². The van der Waals surface area contributed by atoms with E-state index in [4.69, 9.17) is 4.74 Å². The van der Waals surface area contributed by atoms with E-state index in [0.717, 1.165) is 49.3 Å². The summed E-state index contributed by atoms with van der Waals surface area (Å²) in [5.74, 6) is 1.28. The minimum atomic E-state index is -0.638. The summed E-state index contributed by atoms with van der Waals surface area (Å²) in [5.41, 5.74) is 2.60. The molecule has 0 saturated heterocycles. The molecule has 1 atom stereocenters. The molecule has 0 fully saturated rings. The number of nitrogens with one attached hydrogen (secondary N) is 1. The summed E-state index contributed by atoms with van der Waals surface area (Å²) in [6.45, 7) is 10.7. The van der Waals surface area contributed by atoms with Crippen molar-refractivity contribution in [1.82, 2.24) is 10.3 Å². The molecule has 1 aliphatic heterocycles. The molecule has 1 aromatic heterocycles.